The fraction of sp³-hybridized carbons (Fsp3) is 0.423. The summed E-state index contributed by atoms with van der Waals surface area (Å²) in [5.74, 6) is -3.41. The van der Waals surface area contributed by atoms with Gasteiger partial charge in [0.25, 0.3) is 0 Å². The summed E-state index contributed by atoms with van der Waals surface area (Å²) in [7, 11) is 5.68. The van der Waals surface area contributed by atoms with E-state index in [2.05, 4.69) is 53.4 Å². The second-order valence-corrected chi connectivity index (χ2v) is 8.90. The second kappa shape index (κ2) is 14.3. The molecular formula is C26H35N3O8. The molecule has 1 fully saturated rings. The summed E-state index contributed by atoms with van der Waals surface area (Å²) in [5, 5.41) is 32.5. The van der Waals surface area contributed by atoms with Crippen LogP contribution in [0.15, 0.2) is 48.5 Å². The highest BCUT2D eigenvalue weighted by Gasteiger charge is 2.29. The van der Waals surface area contributed by atoms with Gasteiger partial charge in [-0.25, -0.2) is 9.59 Å². The number of amides is 1. The Morgan fingerprint density at radius 1 is 0.892 bits per heavy atom. The number of carbonyl (C=O) groups excluding carboxylic acids is 1. The molecule has 2 aromatic carbocycles. The lowest BCUT2D eigenvalue weighted by molar-refractivity contribution is -0.165. The quantitative estimate of drug-likeness (QED) is 0.372. The van der Waals surface area contributed by atoms with Gasteiger partial charge in [-0.1, -0.05) is 30.3 Å². The maximum Gasteiger partial charge on any atom is 0.335 e. The first-order chi connectivity index (χ1) is 17.5. The predicted molar refractivity (Wildman–Crippen MR) is 137 cm³/mol. The van der Waals surface area contributed by atoms with E-state index in [-0.39, 0.29) is 5.91 Å². The molecule has 11 heteroatoms. The number of rotatable bonds is 9. The summed E-state index contributed by atoms with van der Waals surface area (Å²) in [4.78, 5) is 37.7. The average molecular weight is 518 g/mol. The standard InChI is InChI=1S/C22H29N3O2.C4H6O6/c1-23(2)17-22(26)24(3)16-18-5-4-6-20(15-18)19-7-9-21(10-8-19)25-11-13-27-14-12-25;5-1(3(7)8)2(6)4(9)10/h4-10,15H,11-14,16-17H2,1-3H3;1-2,5-6H,(H,7,8)(H,9,10)/t;1-,2-/m.1/s1. The number of hydrogen-bond acceptors (Lipinski definition) is 8. The van der Waals surface area contributed by atoms with Gasteiger partial charge >= 0.3 is 11.9 Å². The number of carboxylic acid groups (broad SMARTS) is 2. The van der Waals surface area contributed by atoms with Crippen molar-refractivity contribution >= 4 is 23.5 Å². The summed E-state index contributed by atoms with van der Waals surface area (Å²) in [5.41, 5.74) is 4.75. The van der Waals surface area contributed by atoms with E-state index in [4.69, 9.17) is 25.2 Å². The lowest BCUT2D eigenvalue weighted by Crippen LogP contribution is -2.39. The van der Waals surface area contributed by atoms with Crippen LogP contribution >= 0.6 is 0 Å². The van der Waals surface area contributed by atoms with Crippen molar-refractivity contribution in [3.8, 4) is 11.1 Å². The fourth-order valence-electron chi connectivity index (χ4n) is 3.56. The minimum atomic E-state index is -2.27. The lowest BCUT2D eigenvalue weighted by Gasteiger charge is -2.29. The number of aliphatic hydroxyl groups is 2. The van der Waals surface area contributed by atoms with Gasteiger partial charge in [0.05, 0.1) is 19.8 Å². The normalized spacial score (nSPS) is 14.8. The molecule has 0 bridgehead atoms. The molecule has 0 aliphatic carbocycles. The van der Waals surface area contributed by atoms with Gasteiger partial charge in [-0.3, -0.25) is 4.79 Å². The molecule has 1 aliphatic heterocycles. The molecular weight excluding hydrogens is 482 g/mol. The van der Waals surface area contributed by atoms with Crippen molar-refractivity contribution < 1.29 is 39.5 Å². The minimum absolute atomic E-state index is 0.125. The molecule has 0 radical (unpaired) electrons. The van der Waals surface area contributed by atoms with Crippen LogP contribution < -0.4 is 4.90 Å². The van der Waals surface area contributed by atoms with Crippen LogP contribution in [0.5, 0.6) is 0 Å². The smallest absolute Gasteiger partial charge is 0.335 e. The number of likely N-dealkylation sites (N-methyl/N-ethyl adjacent to an activating group) is 2. The molecule has 1 heterocycles. The lowest BCUT2D eigenvalue weighted by atomic mass is 10.0. The zero-order valence-corrected chi connectivity index (χ0v) is 21.3. The van der Waals surface area contributed by atoms with Crippen LogP contribution in [0.2, 0.25) is 0 Å². The molecule has 0 saturated carbocycles. The van der Waals surface area contributed by atoms with Crippen molar-refractivity contribution in [3.05, 3.63) is 54.1 Å². The molecule has 2 atom stereocenters. The molecule has 4 N–H and O–H groups in total. The van der Waals surface area contributed by atoms with Crippen molar-refractivity contribution in [1.82, 2.24) is 9.80 Å². The van der Waals surface area contributed by atoms with Crippen LogP contribution in [0, 0.1) is 0 Å². The SMILES string of the molecule is CN(C)CC(=O)N(C)Cc1cccc(-c2ccc(N3CCOCC3)cc2)c1.O=C(O)[C@H](O)[C@@H](O)C(=O)O. The van der Waals surface area contributed by atoms with Crippen LogP contribution in [-0.2, 0) is 25.7 Å². The summed E-state index contributed by atoms with van der Waals surface area (Å²) in [6, 6.07) is 17.1. The predicted octanol–water partition coefficient (Wildman–Crippen LogP) is 0.588. The number of carbonyl (C=O) groups is 3. The Labute approximate surface area is 216 Å². The van der Waals surface area contributed by atoms with E-state index >= 15 is 0 Å². The van der Waals surface area contributed by atoms with Crippen molar-refractivity contribution in [2.24, 2.45) is 0 Å². The molecule has 0 aromatic heterocycles. The van der Waals surface area contributed by atoms with E-state index in [9.17, 15) is 14.4 Å². The number of hydrogen-bond donors (Lipinski definition) is 4. The zero-order chi connectivity index (χ0) is 27.5. The average Bonchev–Trinajstić information content (AvgIpc) is 2.88. The molecule has 202 valence electrons. The summed E-state index contributed by atoms with van der Waals surface area (Å²) in [6.07, 6.45) is -4.53. The van der Waals surface area contributed by atoms with Crippen LogP contribution in [0.3, 0.4) is 0 Å². The molecule has 1 aliphatic rings. The van der Waals surface area contributed by atoms with Crippen molar-refractivity contribution in [3.63, 3.8) is 0 Å². The first-order valence-corrected chi connectivity index (χ1v) is 11.7. The summed E-state index contributed by atoms with van der Waals surface area (Å²) in [6.45, 7) is 4.53. The maximum atomic E-state index is 12.2. The molecule has 0 unspecified atom stereocenters. The Morgan fingerprint density at radius 2 is 1.46 bits per heavy atom. The van der Waals surface area contributed by atoms with Gasteiger partial charge in [0.2, 0.25) is 5.91 Å². The van der Waals surface area contributed by atoms with E-state index in [1.165, 1.54) is 16.8 Å². The topological polar surface area (TPSA) is 151 Å². The van der Waals surface area contributed by atoms with E-state index in [0.717, 1.165) is 31.9 Å². The Hall–Kier alpha value is -3.51. The number of carboxylic acids is 2. The van der Waals surface area contributed by atoms with Crippen molar-refractivity contribution in [2.75, 3.05) is 58.9 Å². The van der Waals surface area contributed by atoms with E-state index < -0.39 is 24.1 Å². The second-order valence-electron chi connectivity index (χ2n) is 8.90. The molecule has 3 rings (SSSR count). The van der Waals surface area contributed by atoms with Crippen molar-refractivity contribution in [2.45, 2.75) is 18.8 Å². The fourth-order valence-corrected chi connectivity index (χ4v) is 3.56. The van der Waals surface area contributed by atoms with E-state index in [1.807, 2.05) is 26.0 Å². The number of aliphatic carboxylic acids is 2. The summed E-state index contributed by atoms with van der Waals surface area (Å²) < 4.78 is 5.42. The largest absolute Gasteiger partial charge is 0.479 e. The van der Waals surface area contributed by atoms with Crippen LogP contribution in [0.1, 0.15) is 5.56 Å². The van der Waals surface area contributed by atoms with Gasteiger partial charge in [-0.05, 0) is 49.0 Å². The molecule has 1 amide bonds. The molecule has 2 aromatic rings. The van der Waals surface area contributed by atoms with E-state index in [0.29, 0.717) is 13.1 Å². The Balaban J connectivity index is 0.000000410. The third kappa shape index (κ3) is 9.47. The summed E-state index contributed by atoms with van der Waals surface area (Å²) >= 11 is 0. The first-order valence-electron chi connectivity index (χ1n) is 11.7. The Kier molecular flexibility index (Phi) is 11.5. The number of ether oxygens (including phenoxy) is 1. The Morgan fingerprint density at radius 3 is 1.97 bits per heavy atom. The van der Waals surface area contributed by atoms with Gasteiger partial charge in [0.1, 0.15) is 0 Å². The van der Waals surface area contributed by atoms with Gasteiger partial charge in [-0.15, -0.1) is 0 Å². The number of anilines is 1. The molecule has 0 spiro atoms. The van der Waals surface area contributed by atoms with Gasteiger partial charge in [0, 0.05) is 32.4 Å². The number of nitrogens with zero attached hydrogens (tertiary/aromatic N) is 3. The zero-order valence-electron chi connectivity index (χ0n) is 21.3. The highest BCUT2D eigenvalue weighted by molar-refractivity contribution is 5.83. The number of aliphatic hydroxyl groups excluding tert-OH is 2. The number of benzene rings is 2. The van der Waals surface area contributed by atoms with Crippen LogP contribution in [0.25, 0.3) is 11.1 Å². The highest BCUT2D eigenvalue weighted by atomic mass is 16.5. The van der Waals surface area contributed by atoms with Gasteiger partial charge in [0.15, 0.2) is 12.2 Å². The third-order valence-electron chi connectivity index (χ3n) is 5.61. The van der Waals surface area contributed by atoms with E-state index in [1.54, 1.807) is 4.90 Å². The maximum absolute atomic E-state index is 12.2. The number of morpholine rings is 1. The van der Waals surface area contributed by atoms with Gasteiger partial charge < -0.3 is 39.9 Å². The molecule has 1 saturated heterocycles. The Bertz CT molecular complexity index is 1020. The van der Waals surface area contributed by atoms with Crippen LogP contribution in [0.4, 0.5) is 5.69 Å². The minimum Gasteiger partial charge on any atom is -0.479 e. The third-order valence-corrected chi connectivity index (χ3v) is 5.61. The first kappa shape index (κ1) is 29.7. The molecule has 37 heavy (non-hydrogen) atoms. The van der Waals surface area contributed by atoms with Gasteiger partial charge in [-0.2, -0.15) is 0 Å². The van der Waals surface area contributed by atoms with Crippen molar-refractivity contribution in [1.29, 1.82) is 0 Å². The van der Waals surface area contributed by atoms with Crippen LogP contribution in [-0.4, -0.2) is 114 Å². The highest BCUT2D eigenvalue weighted by Crippen LogP contribution is 2.25. The monoisotopic (exact) mass is 517 g/mol. The molecule has 11 nitrogen and oxygen atoms in total.